The molecule has 1 atom stereocenters. The Hall–Kier alpha value is 0.130. The molecular weight excluding hydrogens is 392 g/mol. The minimum Gasteiger partial charge on any atom is -0.229 e. The predicted molar refractivity (Wildman–Crippen MR) is 88.7 cm³/mol. The Morgan fingerprint density at radius 3 is 2.21 bits per heavy atom. The standard InChI is InChI=1S/C14H20Br2O2S/c1-11(2)19(17,18)8-7-13(10-15)9-12-3-5-14(16)6-4-12/h3-6,11,13H,7-10H2,1-2H3. The zero-order chi connectivity index (χ0) is 14.5. The summed E-state index contributed by atoms with van der Waals surface area (Å²) < 4.78 is 24.7. The Bertz CT molecular complexity index is 481. The third kappa shape index (κ3) is 5.96. The van der Waals surface area contributed by atoms with E-state index in [9.17, 15) is 8.42 Å². The summed E-state index contributed by atoms with van der Waals surface area (Å²) in [4.78, 5) is 0. The van der Waals surface area contributed by atoms with E-state index in [2.05, 4.69) is 44.0 Å². The van der Waals surface area contributed by atoms with Crippen molar-refractivity contribution in [1.82, 2.24) is 0 Å². The molecule has 2 nitrogen and oxygen atoms in total. The van der Waals surface area contributed by atoms with Gasteiger partial charge in [0.05, 0.1) is 11.0 Å². The second kappa shape index (κ2) is 7.79. The van der Waals surface area contributed by atoms with Crippen molar-refractivity contribution in [3.05, 3.63) is 34.3 Å². The lowest BCUT2D eigenvalue weighted by molar-refractivity contribution is 0.548. The van der Waals surface area contributed by atoms with Crippen LogP contribution in [0.1, 0.15) is 25.8 Å². The van der Waals surface area contributed by atoms with E-state index in [0.29, 0.717) is 12.3 Å². The third-order valence-corrected chi connectivity index (χ3v) is 6.87. The number of alkyl halides is 1. The van der Waals surface area contributed by atoms with Gasteiger partial charge in [-0.1, -0.05) is 44.0 Å². The lowest BCUT2D eigenvalue weighted by Crippen LogP contribution is -2.21. The van der Waals surface area contributed by atoms with Gasteiger partial charge in [-0.15, -0.1) is 0 Å². The van der Waals surface area contributed by atoms with Crippen molar-refractivity contribution < 1.29 is 8.42 Å². The molecule has 0 saturated carbocycles. The van der Waals surface area contributed by atoms with E-state index in [1.54, 1.807) is 13.8 Å². The summed E-state index contributed by atoms with van der Waals surface area (Å²) in [5, 5.41) is 0.549. The van der Waals surface area contributed by atoms with Crippen LogP contribution in [0.2, 0.25) is 0 Å². The highest BCUT2D eigenvalue weighted by Crippen LogP contribution is 2.19. The molecule has 0 N–H and O–H groups in total. The van der Waals surface area contributed by atoms with E-state index in [4.69, 9.17) is 0 Å². The fourth-order valence-electron chi connectivity index (χ4n) is 1.75. The van der Waals surface area contributed by atoms with Crippen molar-refractivity contribution in [2.45, 2.75) is 31.9 Å². The first kappa shape index (κ1) is 17.2. The summed E-state index contributed by atoms with van der Waals surface area (Å²) in [5.41, 5.74) is 1.24. The lowest BCUT2D eigenvalue weighted by Gasteiger charge is -2.15. The second-order valence-corrected chi connectivity index (χ2v) is 9.30. The Morgan fingerprint density at radius 1 is 1.16 bits per heavy atom. The fraction of sp³-hybridized carbons (Fsp3) is 0.571. The van der Waals surface area contributed by atoms with Crippen LogP contribution < -0.4 is 0 Å². The van der Waals surface area contributed by atoms with E-state index in [1.165, 1.54) is 5.56 Å². The van der Waals surface area contributed by atoms with Gasteiger partial charge in [-0.25, -0.2) is 8.42 Å². The van der Waals surface area contributed by atoms with Crippen LogP contribution in [0, 0.1) is 5.92 Å². The topological polar surface area (TPSA) is 34.1 Å². The van der Waals surface area contributed by atoms with Crippen molar-refractivity contribution in [3.63, 3.8) is 0 Å². The second-order valence-electron chi connectivity index (χ2n) is 5.06. The van der Waals surface area contributed by atoms with Gasteiger partial charge in [-0.3, -0.25) is 0 Å². The van der Waals surface area contributed by atoms with Crippen molar-refractivity contribution in [1.29, 1.82) is 0 Å². The van der Waals surface area contributed by atoms with Crippen LogP contribution in [0.3, 0.4) is 0 Å². The lowest BCUT2D eigenvalue weighted by atomic mass is 9.99. The van der Waals surface area contributed by atoms with Crippen LogP contribution in [0.15, 0.2) is 28.7 Å². The summed E-state index contributed by atoms with van der Waals surface area (Å²) in [6.07, 6.45) is 1.62. The Balaban J connectivity index is 2.57. The average Bonchev–Trinajstić information content (AvgIpc) is 2.36. The molecule has 0 heterocycles. The normalized spacial score (nSPS) is 13.7. The number of benzene rings is 1. The van der Waals surface area contributed by atoms with Gasteiger partial charge in [-0.2, -0.15) is 0 Å². The first-order valence-corrected chi connectivity index (χ1v) is 10.00. The first-order valence-electron chi connectivity index (χ1n) is 6.37. The molecule has 1 aromatic rings. The Labute approximate surface area is 133 Å². The summed E-state index contributed by atoms with van der Waals surface area (Å²) >= 11 is 6.90. The number of hydrogen-bond acceptors (Lipinski definition) is 2. The molecule has 1 aromatic carbocycles. The summed E-state index contributed by atoms with van der Waals surface area (Å²) in [6.45, 7) is 3.49. The third-order valence-electron chi connectivity index (χ3n) is 3.18. The summed E-state index contributed by atoms with van der Waals surface area (Å²) in [5.74, 6) is 0.631. The van der Waals surface area contributed by atoms with E-state index in [1.807, 2.05) is 12.1 Å². The summed E-state index contributed by atoms with van der Waals surface area (Å²) in [7, 11) is -2.93. The van der Waals surface area contributed by atoms with Crippen molar-refractivity contribution in [2.75, 3.05) is 11.1 Å². The maximum absolute atomic E-state index is 11.8. The molecule has 0 aliphatic heterocycles. The van der Waals surface area contributed by atoms with E-state index < -0.39 is 9.84 Å². The number of halogens is 2. The van der Waals surface area contributed by atoms with Gasteiger partial charge in [0.15, 0.2) is 9.84 Å². The van der Waals surface area contributed by atoms with E-state index in [-0.39, 0.29) is 11.0 Å². The maximum Gasteiger partial charge on any atom is 0.152 e. The van der Waals surface area contributed by atoms with Gasteiger partial charge in [0.2, 0.25) is 0 Å². The minimum absolute atomic E-state index is 0.275. The molecule has 1 unspecified atom stereocenters. The Kier molecular flexibility index (Phi) is 7.05. The van der Waals surface area contributed by atoms with Crippen LogP contribution in [-0.4, -0.2) is 24.8 Å². The van der Waals surface area contributed by atoms with E-state index >= 15 is 0 Å². The largest absolute Gasteiger partial charge is 0.229 e. The van der Waals surface area contributed by atoms with Gasteiger partial charge in [0.25, 0.3) is 0 Å². The molecule has 0 fully saturated rings. The zero-order valence-corrected chi connectivity index (χ0v) is 15.3. The highest BCUT2D eigenvalue weighted by Gasteiger charge is 2.18. The average molecular weight is 412 g/mol. The number of sulfone groups is 1. The van der Waals surface area contributed by atoms with Crippen LogP contribution in [0.25, 0.3) is 0 Å². The molecule has 0 radical (unpaired) electrons. The highest BCUT2D eigenvalue weighted by molar-refractivity contribution is 9.10. The van der Waals surface area contributed by atoms with Crippen LogP contribution >= 0.6 is 31.9 Å². The first-order chi connectivity index (χ1) is 8.85. The molecule has 5 heteroatoms. The molecule has 0 aliphatic rings. The molecule has 0 aromatic heterocycles. The zero-order valence-electron chi connectivity index (χ0n) is 11.3. The quantitative estimate of drug-likeness (QED) is 0.629. The molecule has 1 rings (SSSR count). The summed E-state index contributed by atoms with van der Waals surface area (Å²) in [6, 6.07) is 8.20. The van der Waals surface area contributed by atoms with Crippen molar-refractivity contribution in [3.8, 4) is 0 Å². The molecule has 0 saturated heterocycles. The van der Waals surface area contributed by atoms with Gasteiger partial charge in [0, 0.05) is 9.80 Å². The van der Waals surface area contributed by atoms with Crippen molar-refractivity contribution >= 4 is 41.7 Å². The highest BCUT2D eigenvalue weighted by atomic mass is 79.9. The fourth-order valence-corrected chi connectivity index (χ4v) is 3.70. The molecule has 0 amide bonds. The maximum atomic E-state index is 11.8. The number of hydrogen-bond donors (Lipinski definition) is 0. The van der Waals surface area contributed by atoms with Gasteiger partial charge >= 0.3 is 0 Å². The molecular formula is C14H20Br2O2S. The van der Waals surface area contributed by atoms with Gasteiger partial charge < -0.3 is 0 Å². The van der Waals surface area contributed by atoms with Crippen LogP contribution in [0.4, 0.5) is 0 Å². The van der Waals surface area contributed by atoms with Crippen LogP contribution in [0.5, 0.6) is 0 Å². The monoisotopic (exact) mass is 410 g/mol. The molecule has 19 heavy (non-hydrogen) atoms. The SMILES string of the molecule is CC(C)S(=O)(=O)CCC(CBr)Cc1ccc(Br)cc1. The van der Waals surface area contributed by atoms with Crippen molar-refractivity contribution in [2.24, 2.45) is 5.92 Å². The Morgan fingerprint density at radius 2 is 1.74 bits per heavy atom. The molecule has 0 bridgehead atoms. The number of rotatable bonds is 7. The van der Waals surface area contributed by atoms with Gasteiger partial charge in [-0.05, 0) is 50.3 Å². The smallest absolute Gasteiger partial charge is 0.152 e. The van der Waals surface area contributed by atoms with Gasteiger partial charge in [0.1, 0.15) is 0 Å². The van der Waals surface area contributed by atoms with Crippen LogP contribution in [-0.2, 0) is 16.3 Å². The predicted octanol–water partition coefficient (Wildman–Crippen LogP) is 4.22. The molecule has 0 aliphatic carbocycles. The molecule has 108 valence electrons. The molecule has 0 spiro atoms. The minimum atomic E-state index is -2.93. The van der Waals surface area contributed by atoms with E-state index in [0.717, 1.165) is 16.2 Å².